The SMILES string of the molecule is COc1ccc(C(C)N2CCN(c3ccc(Cl)c(OC)n3)CC2(C)C)cc1OC. The van der Waals surface area contributed by atoms with E-state index in [1.54, 1.807) is 21.3 Å². The highest BCUT2D eigenvalue weighted by Crippen LogP contribution is 2.36. The van der Waals surface area contributed by atoms with Crippen LogP contribution in [0.25, 0.3) is 0 Å². The van der Waals surface area contributed by atoms with Gasteiger partial charge in [-0.2, -0.15) is 4.98 Å². The molecule has 1 atom stereocenters. The molecule has 2 heterocycles. The van der Waals surface area contributed by atoms with E-state index in [4.69, 9.17) is 25.8 Å². The number of ether oxygens (including phenoxy) is 3. The Balaban J connectivity index is 1.80. The van der Waals surface area contributed by atoms with Gasteiger partial charge < -0.3 is 19.1 Å². The minimum absolute atomic E-state index is 0.0562. The Morgan fingerprint density at radius 3 is 2.34 bits per heavy atom. The Kier molecular flexibility index (Phi) is 6.44. The molecule has 1 aromatic carbocycles. The second kappa shape index (κ2) is 8.67. The highest BCUT2D eigenvalue weighted by atomic mass is 35.5. The van der Waals surface area contributed by atoms with Crippen molar-refractivity contribution in [1.82, 2.24) is 9.88 Å². The predicted octanol–water partition coefficient (Wildman–Crippen LogP) is 4.42. The molecule has 3 rings (SSSR count). The molecule has 2 aromatic rings. The van der Waals surface area contributed by atoms with Gasteiger partial charge in [-0.25, -0.2) is 0 Å². The average Bonchev–Trinajstić information content (AvgIpc) is 2.72. The molecule has 7 heteroatoms. The van der Waals surface area contributed by atoms with Gasteiger partial charge in [0.1, 0.15) is 10.8 Å². The maximum Gasteiger partial charge on any atom is 0.234 e. The van der Waals surface area contributed by atoms with E-state index in [9.17, 15) is 0 Å². The molecule has 1 saturated heterocycles. The number of anilines is 1. The Labute approximate surface area is 178 Å². The number of pyridine rings is 1. The Bertz CT molecular complexity index is 859. The van der Waals surface area contributed by atoms with Gasteiger partial charge >= 0.3 is 0 Å². The summed E-state index contributed by atoms with van der Waals surface area (Å²) in [6, 6.07) is 10.2. The highest BCUT2D eigenvalue weighted by molar-refractivity contribution is 6.31. The van der Waals surface area contributed by atoms with Gasteiger partial charge in [0.15, 0.2) is 11.5 Å². The summed E-state index contributed by atoms with van der Waals surface area (Å²) < 4.78 is 16.1. The third-order valence-corrected chi connectivity index (χ3v) is 5.93. The minimum atomic E-state index is -0.0562. The van der Waals surface area contributed by atoms with E-state index in [1.807, 2.05) is 18.2 Å². The van der Waals surface area contributed by atoms with Crippen LogP contribution in [0.2, 0.25) is 5.02 Å². The molecule has 0 bridgehead atoms. The minimum Gasteiger partial charge on any atom is -0.493 e. The van der Waals surface area contributed by atoms with Gasteiger partial charge in [0.05, 0.1) is 21.3 Å². The van der Waals surface area contributed by atoms with Crippen molar-refractivity contribution in [1.29, 1.82) is 0 Å². The number of hydrogen-bond donors (Lipinski definition) is 0. The van der Waals surface area contributed by atoms with Crippen molar-refractivity contribution in [3.63, 3.8) is 0 Å². The fourth-order valence-corrected chi connectivity index (χ4v) is 4.29. The summed E-state index contributed by atoms with van der Waals surface area (Å²) in [5.41, 5.74) is 1.15. The molecular formula is C22H30ClN3O3. The third-order valence-electron chi connectivity index (χ3n) is 5.64. The van der Waals surface area contributed by atoms with Gasteiger partial charge in [0.25, 0.3) is 0 Å². The lowest BCUT2D eigenvalue weighted by Gasteiger charge is -2.50. The third kappa shape index (κ3) is 4.38. The first-order valence-electron chi connectivity index (χ1n) is 9.75. The standard InChI is InChI=1S/C22H30ClN3O3/c1-15(16-7-9-18(27-4)19(13-16)28-5)26-12-11-25(14-22(26,2)3)20-10-8-17(23)21(24-20)29-6/h7-10,13,15H,11-12,14H2,1-6H3. The molecule has 29 heavy (non-hydrogen) atoms. The van der Waals surface area contributed by atoms with Crippen molar-refractivity contribution in [2.45, 2.75) is 32.4 Å². The molecule has 0 amide bonds. The molecular weight excluding hydrogens is 390 g/mol. The van der Waals surface area contributed by atoms with Crippen LogP contribution in [0.3, 0.4) is 0 Å². The van der Waals surface area contributed by atoms with E-state index in [0.29, 0.717) is 10.9 Å². The second-order valence-corrected chi connectivity index (χ2v) is 8.29. The summed E-state index contributed by atoms with van der Waals surface area (Å²) in [6.07, 6.45) is 0. The number of benzene rings is 1. The van der Waals surface area contributed by atoms with Crippen molar-refractivity contribution in [2.75, 3.05) is 45.9 Å². The lowest BCUT2D eigenvalue weighted by atomic mass is 9.93. The topological polar surface area (TPSA) is 47.1 Å². The van der Waals surface area contributed by atoms with E-state index in [2.05, 4.69) is 47.7 Å². The largest absolute Gasteiger partial charge is 0.493 e. The van der Waals surface area contributed by atoms with Gasteiger partial charge in [-0.1, -0.05) is 17.7 Å². The Morgan fingerprint density at radius 1 is 1.00 bits per heavy atom. The molecule has 0 spiro atoms. The zero-order valence-corrected chi connectivity index (χ0v) is 18.8. The summed E-state index contributed by atoms with van der Waals surface area (Å²) in [5, 5.41) is 0.524. The van der Waals surface area contributed by atoms with Crippen molar-refractivity contribution < 1.29 is 14.2 Å². The van der Waals surface area contributed by atoms with E-state index < -0.39 is 0 Å². The van der Waals surface area contributed by atoms with Crippen molar-refractivity contribution in [3.8, 4) is 17.4 Å². The predicted molar refractivity (Wildman–Crippen MR) is 117 cm³/mol. The fourth-order valence-electron chi connectivity index (χ4n) is 4.11. The summed E-state index contributed by atoms with van der Waals surface area (Å²) in [7, 11) is 4.91. The van der Waals surface area contributed by atoms with E-state index >= 15 is 0 Å². The summed E-state index contributed by atoms with van der Waals surface area (Å²) in [6.45, 7) is 9.41. The number of hydrogen-bond acceptors (Lipinski definition) is 6. The van der Waals surface area contributed by atoms with E-state index in [-0.39, 0.29) is 11.6 Å². The van der Waals surface area contributed by atoms with Gasteiger partial charge in [0, 0.05) is 31.2 Å². The number of nitrogens with zero attached hydrogens (tertiary/aromatic N) is 3. The number of aromatic nitrogens is 1. The first-order valence-corrected chi connectivity index (χ1v) is 10.1. The first kappa shape index (κ1) is 21.5. The molecule has 1 aliphatic heterocycles. The van der Waals surface area contributed by atoms with Gasteiger partial charge in [-0.05, 0) is 50.6 Å². The van der Waals surface area contributed by atoms with Crippen LogP contribution in [0, 0.1) is 0 Å². The summed E-state index contributed by atoms with van der Waals surface area (Å²) in [5.74, 6) is 2.85. The smallest absolute Gasteiger partial charge is 0.234 e. The molecule has 1 aromatic heterocycles. The average molecular weight is 420 g/mol. The van der Waals surface area contributed by atoms with Crippen LogP contribution in [0.1, 0.15) is 32.4 Å². The number of halogens is 1. The van der Waals surface area contributed by atoms with Crippen molar-refractivity contribution >= 4 is 17.4 Å². The fraction of sp³-hybridized carbons (Fsp3) is 0.500. The van der Waals surface area contributed by atoms with Crippen LogP contribution < -0.4 is 19.1 Å². The molecule has 0 radical (unpaired) electrons. The van der Waals surface area contributed by atoms with Gasteiger partial charge in [0.2, 0.25) is 5.88 Å². The Morgan fingerprint density at radius 2 is 1.72 bits per heavy atom. The van der Waals surface area contributed by atoms with Gasteiger partial charge in [-0.3, -0.25) is 4.90 Å². The normalized spacial score (nSPS) is 17.7. The van der Waals surface area contributed by atoms with E-state index in [1.165, 1.54) is 5.56 Å². The number of rotatable bonds is 6. The van der Waals surface area contributed by atoms with Crippen molar-refractivity contribution in [2.24, 2.45) is 0 Å². The maximum absolute atomic E-state index is 6.14. The summed E-state index contributed by atoms with van der Waals surface area (Å²) in [4.78, 5) is 9.39. The van der Waals surface area contributed by atoms with Gasteiger partial charge in [-0.15, -0.1) is 0 Å². The highest BCUT2D eigenvalue weighted by Gasteiger charge is 2.37. The zero-order valence-electron chi connectivity index (χ0n) is 18.0. The monoisotopic (exact) mass is 419 g/mol. The van der Waals surface area contributed by atoms with Crippen LogP contribution in [0.15, 0.2) is 30.3 Å². The van der Waals surface area contributed by atoms with Crippen LogP contribution in [-0.4, -0.2) is 56.4 Å². The zero-order chi connectivity index (χ0) is 21.2. The summed E-state index contributed by atoms with van der Waals surface area (Å²) >= 11 is 6.14. The van der Waals surface area contributed by atoms with Crippen LogP contribution >= 0.6 is 11.6 Å². The lowest BCUT2D eigenvalue weighted by Crippen LogP contribution is -2.60. The molecule has 158 valence electrons. The molecule has 6 nitrogen and oxygen atoms in total. The van der Waals surface area contributed by atoms with E-state index in [0.717, 1.165) is 37.0 Å². The quantitative estimate of drug-likeness (QED) is 0.690. The van der Waals surface area contributed by atoms with Crippen molar-refractivity contribution in [3.05, 3.63) is 40.9 Å². The molecule has 0 aliphatic carbocycles. The molecule has 0 N–H and O–H groups in total. The molecule has 0 saturated carbocycles. The molecule has 1 unspecified atom stereocenters. The lowest BCUT2D eigenvalue weighted by molar-refractivity contribution is 0.0629. The second-order valence-electron chi connectivity index (χ2n) is 7.88. The first-order chi connectivity index (χ1) is 13.8. The number of methoxy groups -OCH3 is 3. The van der Waals surface area contributed by atoms with Crippen LogP contribution in [0.5, 0.6) is 17.4 Å². The maximum atomic E-state index is 6.14. The Hall–Kier alpha value is -2.18. The molecule has 1 aliphatic rings. The van der Waals surface area contributed by atoms with Crippen LogP contribution in [-0.2, 0) is 0 Å². The van der Waals surface area contributed by atoms with Crippen LogP contribution in [0.4, 0.5) is 5.82 Å². The number of piperazine rings is 1. The molecule has 1 fully saturated rings.